The van der Waals surface area contributed by atoms with E-state index in [1.165, 1.54) is 0 Å². The van der Waals surface area contributed by atoms with E-state index in [1.807, 2.05) is 0 Å². The molecule has 9 N–H and O–H groups in total. The molecule has 1 saturated heterocycles. The molecule has 1 aliphatic heterocycles. The number of hydrogen-bond acceptors (Lipinski definition) is 29. The van der Waals surface area contributed by atoms with Crippen molar-refractivity contribution in [3.8, 4) is 0 Å². The highest BCUT2D eigenvalue weighted by Crippen LogP contribution is 2.33. The second-order valence-corrected chi connectivity index (χ2v) is 19.4. The van der Waals surface area contributed by atoms with Crippen LogP contribution in [0.1, 0.15) is 0 Å². The average Bonchev–Trinajstić information content (AvgIpc) is 2.92. The highest BCUT2D eigenvalue weighted by atomic mass is 32.3. The van der Waals surface area contributed by atoms with Gasteiger partial charge in [-0.25, -0.2) is 37.6 Å². The Kier molecular flexibility index (Phi) is 19.0. The predicted octanol–water partition coefficient (Wildman–Crippen LogP) is -7.32. The van der Waals surface area contributed by atoms with Crippen molar-refractivity contribution in [2.75, 3.05) is 19.8 Å². The summed E-state index contributed by atoms with van der Waals surface area (Å²) in [6, 6.07) is 0. The molecule has 1 aliphatic rings. The van der Waals surface area contributed by atoms with Crippen molar-refractivity contribution >= 4 is 93.6 Å². The van der Waals surface area contributed by atoms with Gasteiger partial charge in [0.05, 0.1) is 19.8 Å². The Morgan fingerprint density at radius 1 is 0.390 bits per heavy atom. The molecular formula is C12H24O38S9. The van der Waals surface area contributed by atoms with Gasteiger partial charge in [0.15, 0.2) is 12.4 Å². The quantitative estimate of drug-likeness (QED) is 0.0363. The lowest BCUT2D eigenvalue weighted by Crippen LogP contribution is -2.63. The summed E-state index contributed by atoms with van der Waals surface area (Å²) in [5, 5.41) is 0. The van der Waals surface area contributed by atoms with E-state index in [0.717, 1.165) is 0 Å². The largest absolute Gasteiger partial charge is 0.397 e. The van der Waals surface area contributed by atoms with Crippen LogP contribution < -0.4 is 0 Å². The lowest BCUT2D eigenvalue weighted by atomic mass is 9.99. The highest BCUT2D eigenvalue weighted by Gasteiger charge is 2.55. The highest BCUT2D eigenvalue weighted by molar-refractivity contribution is 7.82. The lowest BCUT2D eigenvalue weighted by molar-refractivity contribution is -0.292. The molecule has 0 amide bonds. The van der Waals surface area contributed by atoms with Crippen molar-refractivity contribution in [3.63, 3.8) is 0 Å². The normalized spacial score (nSPS) is 24.3. The number of rotatable bonds is 26. The lowest BCUT2D eigenvalue weighted by Gasteiger charge is -2.43. The fourth-order valence-electron chi connectivity index (χ4n) is 4.00. The second-order valence-electron chi connectivity index (χ2n) is 9.87. The minimum Gasteiger partial charge on any atom is -0.347 e. The molecule has 354 valence electrons. The van der Waals surface area contributed by atoms with Crippen molar-refractivity contribution in [1.29, 1.82) is 0 Å². The predicted molar refractivity (Wildman–Crippen MR) is 165 cm³/mol. The van der Waals surface area contributed by atoms with Gasteiger partial charge in [0.25, 0.3) is 0 Å². The van der Waals surface area contributed by atoms with Crippen molar-refractivity contribution in [3.05, 3.63) is 0 Å². The van der Waals surface area contributed by atoms with Crippen LogP contribution in [0.2, 0.25) is 0 Å². The molecular weight excluding hydrogens is 1040 g/mol. The molecule has 0 unspecified atom stereocenters. The van der Waals surface area contributed by atoms with Crippen molar-refractivity contribution in [1.82, 2.24) is 0 Å². The van der Waals surface area contributed by atoms with E-state index >= 15 is 0 Å². The molecule has 47 heteroatoms. The Bertz CT molecular complexity index is 2470. The standard InChI is InChI=1S/C12H24O38S9/c13-51(14,15)41-2-4-7(46-55(25,26)27)10(49-58(34,35)36)11(50-59(37,38)39)12(43-4)40-1-5(44-53(19,20)21)8(47-56(28,29)30)9(48-57(31,32)33)6(45-54(22,23)24)3-42-52(16,17)18/h4-12H,1-3H2,(H,13,14,15)(H,16,17,18)(H,19,20,21)(H,22,23,24)(H,25,26,27)(H,28,29,30)(H,31,32,33)(H,34,35,36)(H,37,38,39)/t4-,5-,6-,7-,8-,9-,10+,11-,12-/m1/s1. The van der Waals surface area contributed by atoms with E-state index in [2.05, 4.69) is 37.6 Å². The fourth-order valence-corrected chi connectivity index (χ4v) is 8.09. The van der Waals surface area contributed by atoms with Gasteiger partial charge < -0.3 is 9.47 Å². The Labute approximate surface area is 331 Å². The molecule has 0 spiro atoms. The van der Waals surface area contributed by atoms with Crippen molar-refractivity contribution < 1.29 is 164 Å². The molecule has 0 aromatic rings. The van der Waals surface area contributed by atoms with Crippen LogP contribution in [0.5, 0.6) is 0 Å². The van der Waals surface area contributed by atoms with E-state index in [0.29, 0.717) is 0 Å². The summed E-state index contributed by atoms with van der Waals surface area (Å²) in [6.07, 6.45) is -30.7. The van der Waals surface area contributed by atoms with E-state index in [4.69, 9.17) is 23.1 Å². The number of hydrogen-bond donors (Lipinski definition) is 9. The smallest absolute Gasteiger partial charge is 0.347 e. The van der Waals surface area contributed by atoms with Gasteiger partial charge in [-0.1, -0.05) is 0 Å². The topological polar surface area (TPSA) is 591 Å². The second kappa shape index (κ2) is 20.1. The van der Waals surface area contributed by atoms with Crippen LogP contribution in [0, 0.1) is 0 Å². The molecule has 0 radical (unpaired) electrons. The van der Waals surface area contributed by atoms with Gasteiger partial charge in [-0.15, -0.1) is 0 Å². The van der Waals surface area contributed by atoms with E-state index in [1.54, 1.807) is 0 Å². The van der Waals surface area contributed by atoms with Crippen LogP contribution in [0.15, 0.2) is 0 Å². The Balaban J connectivity index is 4.25. The summed E-state index contributed by atoms with van der Waals surface area (Å²) in [6.45, 7) is -6.58. The molecule has 0 aromatic carbocycles. The molecule has 0 bridgehead atoms. The third-order valence-corrected chi connectivity index (χ3v) is 9.66. The third-order valence-electron chi connectivity index (χ3n) is 5.49. The van der Waals surface area contributed by atoms with Gasteiger partial charge in [0.2, 0.25) is 0 Å². The summed E-state index contributed by atoms with van der Waals surface area (Å²) in [4.78, 5) is 0. The zero-order valence-electron chi connectivity index (χ0n) is 26.9. The van der Waals surface area contributed by atoms with Gasteiger partial charge >= 0.3 is 93.6 Å². The van der Waals surface area contributed by atoms with Gasteiger partial charge in [-0.05, 0) is 0 Å². The van der Waals surface area contributed by atoms with Crippen molar-refractivity contribution in [2.45, 2.75) is 55.1 Å². The summed E-state index contributed by atoms with van der Waals surface area (Å²) in [7, 11) is -55.4. The monoisotopic (exact) mass is 1060 g/mol. The first-order valence-corrected chi connectivity index (χ1v) is 25.2. The first-order chi connectivity index (χ1) is 25.8. The Morgan fingerprint density at radius 3 is 1.07 bits per heavy atom. The van der Waals surface area contributed by atoms with Crippen LogP contribution in [-0.2, 0) is 141 Å². The summed E-state index contributed by atoms with van der Waals surface area (Å²) in [5.74, 6) is 0. The molecule has 59 heavy (non-hydrogen) atoms. The summed E-state index contributed by atoms with van der Waals surface area (Å²) in [5.41, 5.74) is 0. The van der Waals surface area contributed by atoms with Gasteiger partial charge in [-0.2, -0.15) is 75.8 Å². The van der Waals surface area contributed by atoms with E-state index in [-0.39, 0.29) is 0 Å². The third kappa shape index (κ3) is 24.8. The molecule has 0 aliphatic carbocycles. The zero-order chi connectivity index (χ0) is 46.6. The maximum absolute atomic E-state index is 11.8. The molecule has 38 nitrogen and oxygen atoms in total. The van der Waals surface area contributed by atoms with Crippen molar-refractivity contribution in [2.24, 2.45) is 0 Å². The molecule has 0 aromatic heterocycles. The molecule has 1 heterocycles. The van der Waals surface area contributed by atoms with E-state index in [9.17, 15) is 103 Å². The summed E-state index contributed by atoms with van der Waals surface area (Å²) < 4.78 is 336. The number of ether oxygens (including phenoxy) is 2. The first kappa shape index (κ1) is 55.8. The van der Waals surface area contributed by atoms with Crippen LogP contribution in [0.4, 0.5) is 0 Å². The van der Waals surface area contributed by atoms with Gasteiger partial charge in [0.1, 0.15) is 42.7 Å². The molecule has 9 atom stereocenters. The van der Waals surface area contributed by atoms with Crippen LogP contribution in [0.3, 0.4) is 0 Å². The van der Waals surface area contributed by atoms with Crippen LogP contribution in [-0.4, -0.2) is 192 Å². The Morgan fingerprint density at radius 2 is 0.729 bits per heavy atom. The molecule has 1 fully saturated rings. The van der Waals surface area contributed by atoms with Gasteiger partial charge in [0, 0.05) is 0 Å². The SMILES string of the molecule is O=S(=O)(O)OC[C@H]1O[C@@H](OC[C@@H](OS(=O)(=O)O)[C@@H](OS(=O)(=O)O)[C@H](OS(=O)(=O)O)[C@@H](COS(=O)(=O)O)OS(=O)(=O)O)[C@H](OS(=O)(=O)O)[C@@H](OS(=O)(=O)O)[C@@H]1OS(=O)(=O)O. The molecule has 0 saturated carbocycles. The average molecular weight is 1060 g/mol. The maximum atomic E-state index is 11.8. The van der Waals surface area contributed by atoms with E-state index < -0.39 is 169 Å². The first-order valence-electron chi connectivity index (χ1n) is 12.9. The zero-order valence-corrected chi connectivity index (χ0v) is 34.2. The Hall–Kier alpha value is -1.25. The van der Waals surface area contributed by atoms with Gasteiger partial charge in [-0.3, -0.25) is 41.0 Å². The fraction of sp³-hybridized carbons (Fsp3) is 1.00. The van der Waals surface area contributed by atoms with Crippen LogP contribution >= 0.6 is 0 Å². The maximum Gasteiger partial charge on any atom is 0.397 e. The van der Waals surface area contributed by atoms with Crippen LogP contribution in [0.25, 0.3) is 0 Å². The minimum absolute atomic E-state index is 1.95. The summed E-state index contributed by atoms with van der Waals surface area (Å²) >= 11 is 0. The minimum atomic E-state index is -6.43. The molecule has 1 rings (SSSR count).